The molecule has 0 aliphatic rings. The Morgan fingerprint density at radius 1 is 1.08 bits per heavy atom. The van der Waals surface area contributed by atoms with Crippen molar-refractivity contribution >= 4 is 23.2 Å². The Balaban J connectivity index is 1.92. The van der Waals surface area contributed by atoms with Crippen molar-refractivity contribution < 1.29 is 14.3 Å². The largest absolute Gasteiger partial charge is 0.491 e. The van der Waals surface area contributed by atoms with Gasteiger partial charge in [0.1, 0.15) is 11.5 Å². The summed E-state index contributed by atoms with van der Waals surface area (Å²) in [4.78, 5) is 12.2. The highest BCUT2D eigenvalue weighted by Crippen LogP contribution is 2.24. The number of amides is 1. The number of halogens is 1. The van der Waals surface area contributed by atoms with Crippen molar-refractivity contribution in [3.63, 3.8) is 0 Å². The van der Waals surface area contributed by atoms with Crippen molar-refractivity contribution in [1.82, 2.24) is 0 Å². The number of nitrogens with one attached hydrogen (secondary N) is 1. The van der Waals surface area contributed by atoms with Crippen molar-refractivity contribution in [3.05, 3.63) is 53.6 Å². The highest BCUT2D eigenvalue weighted by molar-refractivity contribution is 6.32. The number of carbonyl (C=O) groups excluding carboxylic acids is 1. The smallest absolute Gasteiger partial charge is 0.265 e. The number of carbonyl (C=O) groups is 1. The zero-order valence-electron chi connectivity index (χ0n) is 14.1. The van der Waals surface area contributed by atoms with Crippen LogP contribution in [0.1, 0.15) is 27.2 Å². The fourth-order valence-corrected chi connectivity index (χ4v) is 2.14. The molecule has 5 heteroatoms. The Morgan fingerprint density at radius 3 is 2.38 bits per heavy atom. The normalized spacial score (nSPS) is 13.0. The Kier molecular flexibility index (Phi) is 6.50. The molecule has 2 aromatic rings. The fraction of sp³-hybridized carbons (Fsp3) is 0.316. The van der Waals surface area contributed by atoms with Crippen LogP contribution in [-0.2, 0) is 4.79 Å². The summed E-state index contributed by atoms with van der Waals surface area (Å²) in [7, 11) is 0. The van der Waals surface area contributed by atoms with Crippen LogP contribution in [0, 0.1) is 0 Å². The number of anilines is 1. The Morgan fingerprint density at radius 2 is 1.75 bits per heavy atom. The average molecular weight is 348 g/mol. The first-order valence-corrected chi connectivity index (χ1v) is 8.36. The van der Waals surface area contributed by atoms with Crippen LogP contribution in [0.25, 0.3) is 0 Å². The molecule has 0 aliphatic carbocycles. The van der Waals surface area contributed by atoms with E-state index < -0.39 is 6.10 Å². The summed E-state index contributed by atoms with van der Waals surface area (Å²) in [5, 5.41) is 3.29. The minimum atomic E-state index is -0.666. The summed E-state index contributed by atoms with van der Waals surface area (Å²) in [6.07, 6.45) is 0.436. The molecule has 128 valence electrons. The van der Waals surface area contributed by atoms with Crippen molar-refractivity contribution in [2.24, 2.45) is 0 Å². The standard InChI is InChI=1S/C19H22ClNO3/c1-4-13(2)23-16-11-9-15(10-12-16)21-19(22)14(3)24-18-8-6-5-7-17(18)20/h5-14H,4H2,1-3H3,(H,21,22). The van der Waals surface area contributed by atoms with Gasteiger partial charge in [-0.1, -0.05) is 30.7 Å². The highest BCUT2D eigenvalue weighted by Gasteiger charge is 2.16. The summed E-state index contributed by atoms with van der Waals surface area (Å²) in [6.45, 7) is 5.77. The zero-order chi connectivity index (χ0) is 17.5. The van der Waals surface area contributed by atoms with Crippen LogP contribution in [0.15, 0.2) is 48.5 Å². The lowest BCUT2D eigenvalue weighted by Crippen LogP contribution is -2.30. The summed E-state index contributed by atoms with van der Waals surface area (Å²) in [5.41, 5.74) is 0.686. The van der Waals surface area contributed by atoms with Crippen molar-refractivity contribution in [1.29, 1.82) is 0 Å². The van der Waals surface area contributed by atoms with Crippen LogP contribution in [-0.4, -0.2) is 18.1 Å². The Hall–Kier alpha value is -2.20. The minimum Gasteiger partial charge on any atom is -0.491 e. The number of hydrogen-bond acceptors (Lipinski definition) is 3. The van der Waals surface area contributed by atoms with E-state index in [4.69, 9.17) is 21.1 Å². The maximum Gasteiger partial charge on any atom is 0.265 e. The molecule has 0 aromatic heterocycles. The fourth-order valence-electron chi connectivity index (χ4n) is 1.96. The topological polar surface area (TPSA) is 47.6 Å². The summed E-state index contributed by atoms with van der Waals surface area (Å²) in [6, 6.07) is 14.3. The molecule has 0 saturated carbocycles. The molecule has 0 spiro atoms. The second-order valence-corrected chi connectivity index (χ2v) is 5.95. The summed E-state index contributed by atoms with van der Waals surface area (Å²) < 4.78 is 11.3. The van der Waals surface area contributed by atoms with Crippen LogP contribution in [0.2, 0.25) is 5.02 Å². The lowest BCUT2D eigenvalue weighted by Gasteiger charge is -2.16. The molecule has 1 amide bonds. The van der Waals surface area contributed by atoms with E-state index in [0.717, 1.165) is 12.2 Å². The molecular weight excluding hydrogens is 326 g/mol. The zero-order valence-corrected chi connectivity index (χ0v) is 14.8. The molecule has 2 atom stereocenters. The van der Waals surface area contributed by atoms with Crippen LogP contribution < -0.4 is 14.8 Å². The third-order valence-corrected chi connectivity index (χ3v) is 3.86. The van der Waals surface area contributed by atoms with E-state index >= 15 is 0 Å². The first-order valence-electron chi connectivity index (χ1n) is 7.98. The van der Waals surface area contributed by atoms with Crippen molar-refractivity contribution in [3.8, 4) is 11.5 Å². The highest BCUT2D eigenvalue weighted by atomic mass is 35.5. The van der Waals surface area contributed by atoms with Gasteiger partial charge in [-0.05, 0) is 56.7 Å². The number of hydrogen-bond donors (Lipinski definition) is 1. The van der Waals surface area contributed by atoms with Gasteiger partial charge in [0.2, 0.25) is 0 Å². The first kappa shape index (κ1) is 18.1. The Labute approximate surface area is 147 Å². The van der Waals surface area contributed by atoms with E-state index in [1.165, 1.54) is 0 Å². The van der Waals surface area contributed by atoms with Gasteiger partial charge in [0.05, 0.1) is 11.1 Å². The van der Waals surface area contributed by atoms with E-state index in [1.54, 1.807) is 31.2 Å². The van der Waals surface area contributed by atoms with Gasteiger partial charge < -0.3 is 14.8 Å². The molecule has 0 fully saturated rings. The minimum absolute atomic E-state index is 0.162. The molecular formula is C19H22ClNO3. The number of ether oxygens (including phenoxy) is 2. The third-order valence-electron chi connectivity index (χ3n) is 3.54. The van der Waals surface area contributed by atoms with Gasteiger partial charge >= 0.3 is 0 Å². The van der Waals surface area contributed by atoms with E-state index in [2.05, 4.69) is 12.2 Å². The van der Waals surface area contributed by atoms with Crippen molar-refractivity contribution in [2.45, 2.75) is 39.4 Å². The third kappa shape index (κ3) is 5.17. The van der Waals surface area contributed by atoms with Crippen LogP contribution >= 0.6 is 11.6 Å². The second-order valence-electron chi connectivity index (χ2n) is 5.54. The molecule has 0 saturated heterocycles. The predicted octanol–water partition coefficient (Wildman–Crippen LogP) is 4.92. The summed E-state index contributed by atoms with van der Waals surface area (Å²) in [5.74, 6) is 1.02. The number of benzene rings is 2. The van der Waals surface area contributed by atoms with E-state index in [1.807, 2.05) is 31.2 Å². The molecule has 2 rings (SSSR count). The first-order chi connectivity index (χ1) is 11.5. The molecule has 2 unspecified atom stereocenters. The SMILES string of the molecule is CCC(C)Oc1ccc(NC(=O)C(C)Oc2ccccc2Cl)cc1. The molecule has 0 heterocycles. The Bertz CT molecular complexity index is 673. The molecule has 4 nitrogen and oxygen atoms in total. The quantitative estimate of drug-likeness (QED) is 0.773. The van der Waals surface area contributed by atoms with Gasteiger partial charge in [0.15, 0.2) is 6.10 Å². The molecule has 0 bridgehead atoms. The lowest BCUT2D eigenvalue weighted by atomic mass is 10.2. The lowest BCUT2D eigenvalue weighted by molar-refractivity contribution is -0.122. The summed E-state index contributed by atoms with van der Waals surface area (Å²) >= 11 is 6.03. The number of rotatable bonds is 7. The van der Waals surface area contributed by atoms with Crippen LogP contribution in [0.3, 0.4) is 0 Å². The molecule has 24 heavy (non-hydrogen) atoms. The predicted molar refractivity (Wildman–Crippen MR) is 97.0 cm³/mol. The van der Waals surface area contributed by atoms with E-state index in [-0.39, 0.29) is 12.0 Å². The van der Waals surface area contributed by atoms with Crippen molar-refractivity contribution in [2.75, 3.05) is 5.32 Å². The monoisotopic (exact) mass is 347 g/mol. The van der Waals surface area contributed by atoms with Crippen LogP contribution in [0.4, 0.5) is 5.69 Å². The second kappa shape index (κ2) is 8.60. The average Bonchev–Trinajstić information content (AvgIpc) is 2.58. The van der Waals surface area contributed by atoms with Gasteiger partial charge in [-0.25, -0.2) is 0 Å². The van der Waals surface area contributed by atoms with Gasteiger partial charge in [-0.15, -0.1) is 0 Å². The van der Waals surface area contributed by atoms with E-state index in [9.17, 15) is 4.79 Å². The molecule has 0 radical (unpaired) electrons. The molecule has 2 aromatic carbocycles. The van der Waals surface area contributed by atoms with E-state index in [0.29, 0.717) is 16.5 Å². The molecule has 0 aliphatic heterocycles. The van der Waals surface area contributed by atoms with Gasteiger partial charge in [0.25, 0.3) is 5.91 Å². The van der Waals surface area contributed by atoms with Crippen LogP contribution in [0.5, 0.6) is 11.5 Å². The van der Waals surface area contributed by atoms with Gasteiger partial charge in [-0.2, -0.15) is 0 Å². The maximum atomic E-state index is 12.2. The van der Waals surface area contributed by atoms with Gasteiger partial charge in [0, 0.05) is 5.69 Å². The molecule has 1 N–H and O–H groups in total. The number of para-hydroxylation sites is 1. The van der Waals surface area contributed by atoms with Gasteiger partial charge in [-0.3, -0.25) is 4.79 Å². The maximum absolute atomic E-state index is 12.2.